The molecule has 0 aromatic heterocycles. The fraction of sp³-hybridized carbons (Fsp3) is 0.294. The van der Waals surface area contributed by atoms with E-state index in [1.54, 1.807) is 0 Å². The molecular formula is C17H20BrNO2. The van der Waals surface area contributed by atoms with Gasteiger partial charge in [0.2, 0.25) is 0 Å². The van der Waals surface area contributed by atoms with Crippen molar-refractivity contribution in [3.8, 4) is 17.2 Å². The normalized spacial score (nSPS) is 12.0. The van der Waals surface area contributed by atoms with Crippen molar-refractivity contribution >= 4 is 15.9 Å². The lowest BCUT2D eigenvalue weighted by molar-refractivity contribution is 0.339. The molecule has 0 heterocycles. The summed E-state index contributed by atoms with van der Waals surface area (Å²) in [7, 11) is 0. The lowest BCUT2D eigenvalue weighted by Gasteiger charge is -2.14. The van der Waals surface area contributed by atoms with Crippen LogP contribution in [0.15, 0.2) is 46.9 Å². The minimum atomic E-state index is 0.0915. The van der Waals surface area contributed by atoms with E-state index in [1.165, 1.54) is 0 Å². The Labute approximate surface area is 134 Å². The Bertz CT molecular complexity index is 582. The molecule has 0 saturated heterocycles. The van der Waals surface area contributed by atoms with Gasteiger partial charge >= 0.3 is 0 Å². The molecule has 112 valence electrons. The van der Waals surface area contributed by atoms with Gasteiger partial charge in [0.15, 0.2) is 0 Å². The average molecular weight is 350 g/mol. The van der Waals surface area contributed by atoms with Gasteiger partial charge in [0.05, 0.1) is 6.61 Å². The van der Waals surface area contributed by atoms with Crippen LogP contribution in [-0.2, 0) is 6.42 Å². The fourth-order valence-electron chi connectivity index (χ4n) is 2.04. The Kier molecular flexibility index (Phi) is 5.65. The Morgan fingerprint density at radius 3 is 2.38 bits per heavy atom. The van der Waals surface area contributed by atoms with E-state index in [9.17, 15) is 0 Å². The maximum atomic E-state index is 5.98. The molecule has 0 aliphatic carbocycles. The van der Waals surface area contributed by atoms with Crippen molar-refractivity contribution in [3.05, 3.63) is 52.5 Å². The minimum Gasteiger partial charge on any atom is -0.494 e. The van der Waals surface area contributed by atoms with E-state index in [1.807, 2.05) is 56.3 Å². The van der Waals surface area contributed by atoms with E-state index in [0.717, 1.165) is 33.7 Å². The van der Waals surface area contributed by atoms with Gasteiger partial charge in [-0.15, -0.1) is 0 Å². The topological polar surface area (TPSA) is 44.5 Å². The molecule has 2 rings (SSSR count). The average Bonchev–Trinajstić information content (AvgIpc) is 2.44. The molecule has 1 atom stereocenters. The highest BCUT2D eigenvalue weighted by molar-refractivity contribution is 9.10. The first kappa shape index (κ1) is 15.9. The van der Waals surface area contributed by atoms with Crippen LogP contribution in [0.2, 0.25) is 0 Å². The molecule has 2 N–H and O–H groups in total. The zero-order chi connectivity index (χ0) is 15.2. The van der Waals surface area contributed by atoms with Crippen molar-refractivity contribution in [3.63, 3.8) is 0 Å². The van der Waals surface area contributed by atoms with Crippen LogP contribution in [0.4, 0.5) is 0 Å². The molecule has 3 nitrogen and oxygen atoms in total. The molecule has 21 heavy (non-hydrogen) atoms. The van der Waals surface area contributed by atoms with Crippen molar-refractivity contribution in [1.82, 2.24) is 0 Å². The van der Waals surface area contributed by atoms with E-state index in [-0.39, 0.29) is 6.04 Å². The SMILES string of the molecule is CCOc1ccc(Oc2cc(Br)ccc2CC(C)N)cc1. The van der Waals surface area contributed by atoms with E-state index in [4.69, 9.17) is 15.2 Å². The summed E-state index contributed by atoms with van der Waals surface area (Å²) in [6.07, 6.45) is 0.777. The van der Waals surface area contributed by atoms with Gasteiger partial charge in [0.25, 0.3) is 0 Å². The lowest BCUT2D eigenvalue weighted by atomic mass is 10.1. The van der Waals surface area contributed by atoms with Gasteiger partial charge in [-0.2, -0.15) is 0 Å². The fourth-order valence-corrected chi connectivity index (χ4v) is 2.38. The molecule has 0 aliphatic heterocycles. The zero-order valence-corrected chi connectivity index (χ0v) is 13.9. The Morgan fingerprint density at radius 2 is 1.76 bits per heavy atom. The molecule has 2 aromatic rings. The summed E-state index contributed by atoms with van der Waals surface area (Å²) in [5.41, 5.74) is 6.99. The first-order chi connectivity index (χ1) is 10.1. The van der Waals surface area contributed by atoms with E-state index >= 15 is 0 Å². The summed E-state index contributed by atoms with van der Waals surface area (Å²) in [4.78, 5) is 0. The lowest BCUT2D eigenvalue weighted by Crippen LogP contribution is -2.18. The first-order valence-corrected chi connectivity index (χ1v) is 7.82. The van der Waals surface area contributed by atoms with Crippen LogP contribution >= 0.6 is 15.9 Å². The van der Waals surface area contributed by atoms with Gasteiger partial charge in [-0.3, -0.25) is 0 Å². The zero-order valence-electron chi connectivity index (χ0n) is 12.3. The molecule has 0 aliphatic rings. The number of rotatable bonds is 6. The number of hydrogen-bond acceptors (Lipinski definition) is 3. The summed E-state index contributed by atoms with van der Waals surface area (Å²) in [5.74, 6) is 2.45. The van der Waals surface area contributed by atoms with E-state index in [0.29, 0.717) is 6.61 Å². The van der Waals surface area contributed by atoms with Crippen LogP contribution in [0, 0.1) is 0 Å². The third kappa shape index (κ3) is 4.76. The monoisotopic (exact) mass is 349 g/mol. The smallest absolute Gasteiger partial charge is 0.131 e. The van der Waals surface area contributed by atoms with Gasteiger partial charge in [0, 0.05) is 10.5 Å². The van der Waals surface area contributed by atoms with Crippen molar-refractivity contribution in [2.24, 2.45) is 5.73 Å². The van der Waals surface area contributed by atoms with Crippen LogP contribution in [0.1, 0.15) is 19.4 Å². The van der Waals surface area contributed by atoms with Crippen LogP contribution in [0.25, 0.3) is 0 Å². The molecule has 0 spiro atoms. The number of nitrogens with two attached hydrogens (primary N) is 1. The number of halogens is 1. The van der Waals surface area contributed by atoms with Crippen molar-refractivity contribution < 1.29 is 9.47 Å². The molecule has 0 radical (unpaired) electrons. The molecule has 0 amide bonds. The summed E-state index contributed by atoms with van der Waals surface area (Å²) in [5, 5.41) is 0. The Morgan fingerprint density at radius 1 is 1.10 bits per heavy atom. The van der Waals surface area contributed by atoms with Gasteiger partial charge < -0.3 is 15.2 Å². The minimum absolute atomic E-state index is 0.0915. The largest absolute Gasteiger partial charge is 0.494 e. The molecule has 2 aromatic carbocycles. The molecule has 0 bridgehead atoms. The van der Waals surface area contributed by atoms with Gasteiger partial charge in [-0.1, -0.05) is 22.0 Å². The number of benzene rings is 2. The quantitative estimate of drug-likeness (QED) is 0.833. The van der Waals surface area contributed by atoms with Crippen LogP contribution in [0.5, 0.6) is 17.2 Å². The van der Waals surface area contributed by atoms with E-state index < -0.39 is 0 Å². The molecule has 4 heteroatoms. The second-order valence-corrected chi connectivity index (χ2v) is 5.86. The summed E-state index contributed by atoms with van der Waals surface area (Å²) in [6, 6.07) is 13.7. The second kappa shape index (κ2) is 7.48. The Balaban J connectivity index is 2.19. The van der Waals surface area contributed by atoms with Crippen LogP contribution in [-0.4, -0.2) is 12.6 Å². The highest BCUT2D eigenvalue weighted by atomic mass is 79.9. The van der Waals surface area contributed by atoms with E-state index in [2.05, 4.69) is 15.9 Å². The summed E-state index contributed by atoms with van der Waals surface area (Å²) >= 11 is 3.48. The third-order valence-electron chi connectivity index (χ3n) is 2.93. The van der Waals surface area contributed by atoms with Gasteiger partial charge in [-0.25, -0.2) is 0 Å². The number of ether oxygens (including phenoxy) is 2. The maximum Gasteiger partial charge on any atom is 0.131 e. The maximum absolute atomic E-state index is 5.98. The van der Waals surface area contributed by atoms with Crippen molar-refractivity contribution in [1.29, 1.82) is 0 Å². The molecular weight excluding hydrogens is 330 g/mol. The first-order valence-electron chi connectivity index (χ1n) is 7.03. The standard InChI is InChI=1S/C17H20BrNO2/c1-3-20-15-6-8-16(9-7-15)21-17-11-14(18)5-4-13(17)10-12(2)19/h4-9,11-12H,3,10,19H2,1-2H3. The summed E-state index contributed by atoms with van der Waals surface area (Å²) in [6.45, 7) is 4.61. The number of hydrogen-bond donors (Lipinski definition) is 1. The summed E-state index contributed by atoms with van der Waals surface area (Å²) < 4.78 is 12.4. The van der Waals surface area contributed by atoms with Crippen LogP contribution in [0.3, 0.4) is 0 Å². The van der Waals surface area contributed by atoms with Crippen molar-refractivity contribution in [2.75, 3.05) is 6.61 Å². The van der Waals surface area contributed by atoms with Gasteiger partial charge in [-0.05, 0) is 62.2 Å². The predicted molar refractivity (Wildman–Crippen MR) is 89.2 cm³/mol. The predicted octanol–water partition coefficient (Wildman–Crippen LogP) is 4.53. The van der Waals surface area contributed by atoms with Crippen molar-refractivity contribution in [2.45, 2.75) is 26.3 Å². The van der Waals surface area contributed by atoms with Gasteiger partial charge in [0.1, 0.15) is 17.2 Å². The highest BCUT2D eigenvalue weighted by Crippen LogP contribution is 2.30. The highest BCUT2D eigenvalue weighted by Gasteiger charge is 2.08. The van der Waals surface area contributed by atoms with Crippen LogP contribution < -0.4 is 15.2 Å². The third-order valence-corrected chi connectivity index (χ3v) is 3.43. The molecule has 0 fully saturated rings. The second-order valence-electron chi connectivity index (χ2n) is 4.94. The molecule has 1 unspecified atom stereocenters. The Hall–Kier alpha value is -1.52. The molecule has 0 saturated carbocycles.